The molecule has 0 amide bonds. The summed E-state index contributed by atoms with van der Waals surface area (Å²) in [6, 6.07) is 10.5. The molecule has 0 unspecified atom stereocenters. The third-order valence-electron chi connectivity index (χ3n) is 3.41. The van der Waals surface area contributed by atoms with Crippen LogP contribution in [0.15, 0.2) is 83.3 Å². The van der Waals surface area contributed by atoms with Crippen LogP contribution in [0.5, 0.6) is 0 Å². The first-order chi connectivity index (χ1) is 10.7. The van der Waals surface area contributed by atoms with Gasteiger partial charge in [-0.2, -0.15) is 0 Å². The van der Waals surface area contributed by atoms with Gasteiger partial charge in [-0.25, -0.2) is 4.58 Å². The minimum Gasteiger partial charge on any atom is -0.235 e. The van der Waals surface area contributed by atoms with Gasteiger partial charge in [0.05, 0.1) is 0 Å². The molecule has 3 rings (SSSR count). The van der Waals surface area contributed by atoms with Crippen molar-refractivity contribution in [2.24, 2.45) is 0 Å². The molecule has 1 aliphatic heterocycles. The first kappa shape index (κ1) is 15.2. The molecule has 0 radical (unpaired) electrons. The molecule has 2 aliphatic rings. The van der Waals surface area contributed by atoms with Gasteiger partial charge in [-0.3, -0.25) is 0 Å². The van der Waals surface area contributed by atoms with Gasteiger partial charge in [-0.05, 0) is 35.4 Å². The second kappa shape index (κ2) is 7.03. The SMILES string of the molecule is C[N+](C)=C1C=CC(=C/C=C2/C=C(c3ccccc3)SS2)C=C1. The number of allylic oxidation sites excluding steroid dienone is 8. The van der Waals surface area contributed by atoms with Gasteiger partial charge in [0, 0.05) is 22.0 Å². The molecule has 1 aromatic carbocycles. The summed E-state index contributed by atoms with van der Waals surface area (Å²) in [7, 11) is 7.76. The predicted molar refractivity (Wildman–Crippen MR) is 101 cm³/mol. The highest BCUT2D eigenvalue weighted by molar-refractivity contribution is 8.82. The zero-order valence-electron chi connectivity index (χ0n) is 12.7. The van der Waals surface area contributed by atoms with Crippen molar-refractivity contribution in [1.29, 1.82) is 0 Å². The molecule has 0 spiro atoms. The van der Waals surface area contributed by atoms with Crippen molar-refractivity contribution in [3.63, 3.8) is 0 Å². The maximum Gasteiger partial charge on any atom is 0.199 e. The second-order valence-corrected chi connectivity index (χ2v) is 7.51. The Kier molecular flexibility index (Phi) is 4.86. The summed E-state index contributed by atoms with van der Waals surface area (Å²) < 4.78 is 2.11. The Labute approximate surface area is 139 Å². The first-order valence-electron chi connectivity index (χ1n) is 7.16. The van der Waals surface area contributed by atoms with Gasteiger partial charge in [-0.1, -0.05) is 58.0 Å². The van der Waals surface area contributed by atoms with Gasteiger partial charge in [-0.15, -0.1) is 0 Å². The smallest absolute Gasteiger partial charge is 0.199 e. The third kappa shape index (κ3) is 3.73. The lowest BCUT2D eigenvalue weighted by Crippen LogP contribution is -2.09. The Hall–Kier alpha value is -1.71. The Bertz CT molecular complexity index is 725. The molecule has 0 saturated heterocycles. The van der Waals surface area contributed by atoms with Gasteiger partial charge in [0.1, 0.15) is 14.1 Å². The minimum atomic E-state index is 1.22. The van der Waals surface area contributed by atoms with E-state index in [-0.39, 0.29) is 0 Å². The highest BCUT2D eigenvalue weighted by Gasteiger charge is 2.12. The molecular formula is C19H18NS2+. The van der Waals surface area contributed by atoms with Gasteiger partial charge in [0.25, 0.3) is 0 Å². The summed E-state index contributed by atoms with van der Waals surface area (Å²) in [6.45, 7) is 0. The number of nitrogens with zero attached hydrogens (tertiary/aromatic N) is 1. The lowest BCUT2D eigenvalue weighted by Gasteiger charge is -2.00. The molecule has 0 N–H and O–H groups in total. The van der Waals surface area contributed by atoms with Crippen LogP contribution in [-0.2, 0) is 0 Å². The largest absolute Gasteiger partial charge is 0.235 e. The average molecular weight is 324 g/mol. The van der Waals surface area contributed by atoms with E-state index in [1.54, 1.807) is 0 Å². The number of rotatable bonds is 2. The molecule has 0 bridgehead atoms. The zero-order chi connectivity index (χ0) is 15.4. The molecule has 22 heavy (non-hydrogen) atoms. The Morgan fingerprint density at radius 2 is 1.59 bits per heavy atom. The third-order valence-corrected chi connectivity index (χ3v) is 5.84. The van der Waals surface area contributed by atoms with Crippen molar-refractivity contribution in [1.82, 2.24) is 0 Å². The molecule has 0 saturated carbocycles. The van der Waals surface area contributed by atoms with Gasteiger partial charge in [0.2, 0.25) is 0 Å². The van der Waals surface area contributed by atoms with E-state index in [2.05, 4.69) is 91.5 Å². The van der Waals surface area contributed by atoms with Gasteiger partial charge >= 0.3 is 0 Å². The van der Waals surface area contributed by atoms with Gasteiger partial charge < -0.3 is 0 Å². The molecule has 0 atom stereocenters. The fraction of sp³-hybridized carbons (Fsp3) is 0.105. The van der Waals surface area contributed by atoms with Crippen LogP contribution in [0.3, 0.4) is 0 Å². The molecular weight excluding hydrogens is 306 g/mol. The summed E-state index contributed by atoms with van der Waals surface area (Å²) in [6.07, 6.45) is 15.2. The summed E-state index contributed by atoms with van der Waals surface area (Å²) in [4.78, 5) is 2.62. The van der Waals surface area contributed by atoms with Crippen molar-refractivity contribution in [3.8, 4) is 0 Å². The van der Waals surface area contributed by atoms with Crippen molar-refractivity contribution < 1.29 is 4.58 Å². The summed E-state index contributed by atoms with van der Waals surface area (Å²) in [5.41, 5.74) is 3.74. The van der Waals surface area contributed by atoms with Crippen LogP contribution < -0.4 is 0 Å². The van der Waals surface area contributed by atoms with Crippen LogP contribution in [0.25, 0.3) is 4.91 Å². The van der Waals surface area contributed by atoms with E-state index in [0.717, 1.165) is 0 Å². The number of hydrogen-bond acceptors (Lipinski definition) is 2. The quantitative estimate of drug-likeness (QED) is 0.552. The lowest BCUT2D eigenvalue weighted by molar-refractivity contribution is -0.462. The molecule has 1 nitrogen and oxygen atoms in total. The predicted octanol–water partition coefficient (Wildman–Crippen LogP) is 5.07. The van der Waals surface area contributed by atoms with E-state index in [1.807, 2.05) is 21.6 Å². The van der Waals surface area contributed by atoms with Gasteiger partial charge in [0.15, 0.2) is 5.71 Å². The van der Waals surface area contributed by atoms with Crippen LogP contribution in [0.4, 0.5) is 0 Å². The molecule has 1 heterocycles. The number of benzene rings is 1. The summed E-state index contributed by atoms with van der Waals surface area (Å²) in [5.74, 6) is 0. The fourth-order valence-electron chi connectivity index (χ4n) is 2.14. The highest BCUT2D eigenvalue weighted by Crippen LogP contribution is 2.49. The van der Waals surface area contributed by atoms with Crippen LogP contribution >= 0.6 is 21.6 Å². The maximum absolute atomic E-state index is 2.26. The van der Waals surface area contributed by atoms with Crippen molar-refractivity contribution in [2.75, 3.05) is 14.1 Å². The van der Waals surface area contributed by atoms with E-state index < -0.39 is 0 Å². The Balaban J connectivity index is 1.74. The Morgan fingerprint density at radius 3 is 2.27 bits per heavy atom. The van der Waals surface area contributed by atoms with Crippen LogP contribution in [0.1, 0.15) is 5.56 Å². The molecule has 110 valence electrons. The number of hydrogen-bond donors (Lipinski definition) is 0. The first-order valence-corrected chi connectivity index (χ1v) is 9.31. The van der Waals surface area contributed by atoms with Crippen molar-refractivity contribution in [2.45, 2.75) is 0 Å². The lowest BCUT2D eigenvalue weighted by atomic mass is 10.1. The maximum atomic E-state index is 2.26. The van der Waals surface area contributed by atoms with E-state index in [0.29, 0.717) is 0 Å². The van der Waals surface area contributed by atoms with Crippen LogP contribution in [-0.4, -0.2) is 24.4 Å². The molecule has 1 aliphatic carbocycles. The standard InChI is InChI=1S/C19H18NS2/c1-20(2)17-11-8-15(9-12-17)10-13-18-14-19(22-21-18)16-6-4-3-5-7-16/h3-14H,1-2H3/q+1/b18-13-. The Morgan fingerprint density at radius 1 is 0.864 bits per heavy atom. The summed E-state index contributed by atoms with van der Waals surface area (Å²) in [5, 5.41) is 0. The van der Waals surface area contributed by atoms with E-state index >= 15 is 0 Å². The van der Waals surface area contributed by atoms with E-state index in [4.69, 9.17) is 0 Å². The minimum absolute atomic E-state index is 1.22. The monoisotopic (exact) mass is 324 g/mol. The van der Waals surface area contributed by atoms with E-state index in [9.17, 15) is 0 Å². The average Bonchev–Trinajstić information content (AvgIpc) is 3.03. The second-order valence-electron chi connectivity index (χ2n) is 5.26. The topological polar surface area (TPSA) is 3.01 Å². The molecule has 0 aromatic heterocycles. The van der Waals surface area contributed by atoms with Crippen molar-refractivity contribution in [3.05, 3.63) is 88.9 Å². The van der Waals surface area contributed by atoms with Crippen LogP contribution in [0, 0.1) is 0 Å². The highest BCUT2D eigenvalue weighted by atomic mass is 33.1. The normalized spacial score (nSPS) is 18.8. The molecule has 3 heteroatoms. The molecule has 0 fully saturated rings. The van der Waals surface area contributed by atoms with Crippen LogP contribution in [0.2, 0.25) is 0 Å². The fourth-order valence-corrected chi connectivity index (χ4v) is 4.40. The zero-order valence-corrected chi connectivity index (χ0v) is 14.3. The molecule has 1 aromatic rings. The van der Waals surface area contributed by atoms with Crippen molar-refractivity contribution >= 4 is 32.2 Å². The van der Waals surface area contributed by atoms with E-state index in [1.165, 1.54) is 26.7 Å². The summed E-state index contributed by atoms with van der Waals surface area (Å²) >= 11 is 0.